The van der Waals surface area contributed by atoms with Crippen LogP contribution in [0.3, 0.4) is 0 Å². The Morgan fingerprint density at radius 1 is 1.54 bits per heavy atom. The number of carbonyl (C=O) groups is 1. The van der Waals surface area contributed by atoms with Crippen molar-refractivity contribution in [2.75, 3.05) is 0 Å². The van der Waals surface area contributed by atoms with Crippen molar-refractivity contribution in [3.63, 3.8) is 0 Å². The molecule has 0 heterocycles. The summed E-state index contributed by atoms with van der Waals surface area (Å²) in [4.78, 5) is 14.8. The number of aliphatic imine (C=N–C) groups is 1. The van der Waals surface area contributed by atoms with Gasteiger partial charge >= 0.3 is 0 Å². The van der Waals surface area contributed by atoms with Crippen molar-refractivity contribution in [2.45, 2.75) is 20.3 Å². The number of rotatable bonds is 3. The molecule has 68 valence electrons. The lowest BCUT2D eigenvalue weighted by molar-refractivity contribution is -0.116. The first-order valence-electron chi connectivity index (χ1n) is 4.19. The molecule has 0 spiro atoms. The molecule has 0 bridgehead atoms. The van der Waals surface area contributed by atoms with E-state index in [0.29, 0.717) is 6.42 Å². The minimum atomic E-state index is 0.147. The molecule has 2 heteroatoms. The zero-order chi connectivity index (χ0) is 9.84. The van der Waals surface area contributed by atoms with E-state index in [1.165, 1.54) is 0 Å². The Kier molecular flexibility index (Phi) is 2.96. The lowest BCUT2D eigenvalue weighted by atomic mass is 10.1. The van der Waals surface area contributed by atoms with Crippen LogP contribution in [0, 0.1) is 6.92 Å². The highest BCUT2D eigenvalue weighted by atomic mass is 16.1. The van der Waals surface area contributed by atoms with Gasteiger partial charge in [-0.05, 0) is 37.8 Å². The van der Waals surface area contributed by atoms with Gasteiger partial charge in [-0.3, -0.25) is 9.79 Å². The first kappa shape index (κ1) is 9.65. The quantitative estimate of drug-likeness (QED) is 0.649. The second-order valence-corrected chi connectivity index (χ2v) is 3.17. The van der Waals surface area contributed by atoms with E-state index in [1.54, 1.807) is 6.92 Å². The van der Waals surface area contributed by atoms with Crippen LogP contribution in [0.4, 0.5) is 5.69 Å². The maximum atomic E-state index is 10.9. The Morgan fingerprint density at radius 3 is 2.77 bits per heavy atom. The number of nitrogens with zero attached hydrogens (tertiary/aromatic N) is 1. The molecule has 0 saturated carbocycles. The molecule has 1 aromatic carbocycles. The van der Waals surface area contributed by atoms with Crippen molar-refractivity contribution in [3.05, 3.63) is 29.3 Å². The van der Waals surface area contributed by atoms with E-state index in [2.05, 4.69) is 11.7 Å². The van der Waals surface area contributed by atoms with Gasteiger partial charge in [0.25, 0.3) is 0 Å². The number of ketones is 1. The predicted octanol–water partition coefficient (Wildman–Crippen LogP) is 2.46. The fourth-order valence-corrected chi connectivity index (χ4v) is 1.24. The molecule has 2 nitrogen and oxygen atoms in total. The molecule has 0 aliphatic heterocycles. The van der Waals surface area contributed by atoms with Gasteiger partial charge in [0.2, 0.25) is 0 Å². The summed E-state index contributed by atoms with van der Waals surface area (Å²) in [6.45, 7) is 7.05. The Hall–Kier alpha value is -1.44. The first-order chi connectivity index (χ1) is 6.13. The highest BCUT2D eigenvalue weighted by molar-refractivity contribution is 5.80. The third-order valence-electron chi connectivity index (χ3n) is 1.85. The second-order valence-electron chi connectivity index (χ2n) is 3.17. The number of aryl methyl sites for hydroxylation is 1. The van der Waals surface area contributed by atoms with E-state index in [9.17, 15) is 4.79 Å². The van der Waals surface area contributed by atoms with Crippen LogP contribution >= 0.6 is 0 Å². The lowest BCUT2D eigenvalue weighted by Gasteiger charge is -2.03. The molecule has 0 saturated heterocycles. The van der Waals surface area contributed by atoms with Gasteiger partial charge < -0.3 is 0 Å². The molecular weight excluding hydrogens is 162 g/mol. The van der Waals surface area contributed by atoms with Crippen LogP contribution in [-0.4, -0.2) is 12.5 Å². The maximum Gasteiger partial charge on any atom is 0.134 e. The monoisotopic (exact) mass is 175 g/mol. The standard InChI is InChI=1S/C11H13NO/c1-8-4-5-10(7-9(2)13)11(6-8)12-3/h4-6H,3,7H2,1-2H3. The molecule has 0 aliphatic carbocycles. The maximum absolute atomic E-state index is 10.9. The lowest BCUT2D eigenvalue weighted by Crippen LogP contribution is -1.96. The van der Waals surface area contributed by atoms with E-state index < -0.39 is 0 Å². The molecule has 1 rings (SSSR count). The summed E-state index contributed by atoms with van der Waals surface area (Å²) in [5.41, 5.74) is 2.90. The van der Waals surface area contributed by atoms with E-state index in [4.69, 9.17) is 0 Å². The van der Waals surface area contributed by atoms with Crippen molar-refractivity contribution in [2.24, 2.45) is 4.99 Å². The topological polar surface area (TPSA) is 29.4 Å². The molecule has 0 radical (unpaired) electrons. The summed E-state index contributed by atoms with van der Waals surface area (Å²) < 4.78 is 0. The van der Waals surface area contributed by atoms with E-state index in [0.717, 1.165) is 16.8 Å². The fraction of sp³-hybridized carbons (Fsp3) is 0.273. The second kappa shape index (κ2) is 3.99. The Morgan fingerprint density at radius 2 is 2.23 bits per heavy atom. The van der Waals surface area contributed by atoms with Crippen LogP contribution in [0.5, 0.6) is 0 Å². The average Bonchev–Trinajstić information content (AvgIpc) is 2.07. The molecule has 0 N–H and O–H groups in total. The number of hydrogen-bond acceptors (Lipinski definition) is 2. The van der Waals surface area contributed by atoms with Crippen molar-refractivity contribution in [1.82, 2.24) is 0 Å². The van der Waals surface area contributed by atoms with Crippen molar-refractivity contribution in [3.8, 4) is 0 Å². The third-order valence-corrected chi connectivity index (χ3v) is 1.85. The Balaban J connectivity index is 3.05. The van der Waals surface area contributed by atoms with Gasteiger partial charge in [-0.1, -0.05) is 12.1 Å². The van der Waals surface area contributed by atoms with Crippen LogP contribution in [0.25, 0.3) is 0 Å². The SMILES string of the molecule is C=Nc1cc(C)ccc1CC(C)=O. The summed E-state index contributed by atoms with van der Waals surface area (Å²) in [7, 11) is 0. The fourth-order valence-electron chi connectivity index (χ4n) is 1.24. The van der Waals surface area contributed by atoms with Crippen LogP contribution < -0.4 is 0 Å². The van der Waals surface area contributed by atoms with Crippen LogP contribution in [0.1, 0.15) is 18.1 Å². The van der Waals surface area contributed by atoms with Crippen LogP contribution in [0.2, 0.25) is 0 Å². The number of benzene rings is 1. The van der Waals surface area contributed by atoms with Crippen LogP contribution in [-0.2, 0) is 11.2 Å². The van der Waals surface area contributed by atoms with Gasteiger partial charge in [-0.25, -0.2) is 0 Å². The molecule has 0 aliphatic rings. The largest absolute Gasteiger partial charge is 0.300 e. The zero-order valence-corrected chi connectivity index (χ0v) is 8.00. The minimum Gasteiger partial charge on any atom is -0.300 e. The van der Waals surface area contributed by atoms with Crippen molar-refractivity contribution < 1.29 is 4.79 Å². The zero-order valence-electron chi connectivity index (χ0n) is 8.00. The van der Waals surface area contributed by atoms with E-state index >= 15 is 0 Å². The molecule has 0 unspecified atom stereocenters. The Bertz CT molecular complexity index is 342. The molecule has 0 fully saturated rings. The first-order valence-corrected chi connectivity index (χ1v) is 4.19. The van der Waals surface area contributed by atoms with Crippen molar-refractivity contribution >= 4 is 18.2 Å². The molecule has 0 aromatic heterocycles. The summed E-state index contributed by atoms with van der Waals surface area (Å²) in [6.07, 6.45) is 0.439. The molecule has 0 atom stereocenters. The van der Waals surface area contributed by atoms with Gasteiger partial charge in [0, 0.05) is 6.42 Å². The minimum absolute atomic E-state index is 0.147. The number of hydrogen-bond donors (Lipinski definition) is 0. The van der Waals surface area contributed by atoms with Crippen molar-refractivity contribution in [1.29, 1.82) is 0 Å². The smallest absolute Gasteiger partial charge is 0.134 e. The van der Waals surface area contributed by atoms with Gasteiger partial charge in [-0.2, -0.15) is 0 Å². The average molecular weight is 175 g/mol. The third kappa shape index (κ3) is 2.51. The molecular formula is C11H13NO. The Labute approximate surface area is 78.3 Å². The molecule has 0 amide bonds. The van der Waals surface area contributed by atoms with Gasteiger partial charge in [-0.15, -0.1) is 0 Å². The summed E-state index contributed by atoms with van der Waals surface area (Å²) in [5.74, 6) is 0.147. The summed E-state index contributed by atoms with van der Waals surface area (Å²) in [5, 5.41) is 0. The summed E-state index contributed by atoms with van der Waals surface area (Å²) >= 11 is 0. The van der Waals surface area contributed by atoms with Gasteiger partial charge in [0.15, 0.2) is 0 Å². The van der Waals surface area contributed by atoms with E-state index in [1.807, 2.05) is 25.1 Å². The highest BCUT2D eigenvalue weighted by Gasteiger charge is 2.03. The van der Waals surface area contributed by atoms with Crippen LogP contribution in [0.15, 0.2) is 23.2 Å². The predicted molar refractivity (Wildman–Crippen MR) is 54.8 cm³/mol. The van der Waals surface area contributed by atoms with Gasteiger partial charge in [0.05, 0.1) is 5.69 Å². The molecule has 13 heavy (non-hydrogen) atoms. The molecule has 1 aromatic rings. The highest BCUT2D eigenvalue weighted by Crippen LogP contribution is 2.20. The number of carbonyl (C=O) groups excluding carboxylic acids is 1. The van der Waals surface area contributed by atoms with Gasteiger partial charge in [0.1, 0.15) is 5.78 Å². The van der Waals surface area contributed by atoms with E-state index in [-0.39, 0.29) is 5.78 Å². The summed E-state index contributed by atoms with van der Waals surface area (Å²) in [6, 6.07) is 5.85. The normalized spacial score (nSPS) is 9.69. The number of Topliss-reactive ketones (excluding diaryl/α,β-unsaturated/α-hetero) is 1.